The highest BCUT2D eigenvalue weighted by atomic mass is 32.2. The van der Waals surface area contributed by atoms with Gasteiger partial charge in [0.25, 0.3) is 5.91 Å². The highest BCUT2D eigenvalue weighted by Crippen LogP contribution is 2.27. The van der Waals surface area contributed by atoms with Gasteiger partial charge in [-0.1, -0.05) is 31.4 Å². The van der Waals surface area contributed by atoms with Gasteiger partial charge in [0.15, 0.2) is 0 Å². The van der Waals surface area contributed by atoms with Crippen LogP contribution in [-0.4, -0.2) is 47.4 Å². The van der Waals surface area contributed by atoms with Gasteiger partial charge in [-0.15, -0.1) is 11.8 Å². The number of anilines is 2. The number of thioether (sulfide) groups is 1. The molecule has 1 aliphatic heterocycles. The lowest BCUT2D eigenvalue weighted by atomic mass is 9.94. The summed E-state index contributed by atoms with van der Waals surface area (Å²) in [5.41, 5.74) is 1.56. The molecule has 1 N–H and O–H groups in total. The number of carbonyl (C=O) groups is 4. The Bertz CT molecular complexity index is 1080. The molecule has 4 rings (SSSR count). The van der Waals surface area contributed by atoms with E-state index in [-0.39, 0.29) is 29.4 Å². The average Bonchev–Trinajstić information content (AvgIpc) is 2.88. The summed E-state index contributed by atoms with van der Waals surface area (Å²) in [6.07, 6.45) is 7.01. The lowest BCUT2D eigenvalue weighted by molar-refractivity contribution is -0.130. The van der Waals surface area contributed by atoms with E-state index in [1.807, 2.05) is 24.1 Å². The van der Waals surface area contributed by atoms with Gasteiger partial charge in [0.1, 0.15) is 0 Å². The molecular formula is C27H31N3O4S. The van der Waals surface area contributed by atoms with E-state index < -0.39 is 0 Å². The van der Waals surface area contributed by atoms with E-state index >= 15 is 0 Å². The first-order valence-electron chi connectivity index (χ1n) is 12.2. The van der Waals surface area contributed by atoms with Crippen LogP contribution >= 0.6 is 11.8 Å². The van der Waals surface area contributed by atoms with Crippen LogP contribution in [0.2, 0.25) is 0 Å². The van der Waals surface area contributed by atoms with Gasteiger partial charge >= 0.3 is 0 Å². The molecule has 1 saturated heterocycles. The summed E-state index contributed by atoms with van der Waals surface area (Å²) in [6.45, 7) is 0. The van der Waals surface area contributed by atoms with Gasteiger partial charge in [-0.2, -0.15) is 0 Å². The van der Waals surface area contributed by atoms with E-state index in [4.69, 9.17) is 0 Å². The third-order valence-corrected chi connectivity index (χ3v) is 7.72. The maximum absolute atomic E-state index is 13.0. The molecule has 0 atom stereocenters. The van der Waals surface area contributed by atoms with Crippen molar-refractivity contribution in [2.45, 2.75) is 62.3 Å². The van der Waals surface area contributed by atoms with Gasteiger partial charge in [0.2, 0.25) is 17.7 Å². The molecule has 7 nitrogen and oxygen atoms in total. The first-order valence-corrected chi connectivity index (χ1v) is 13.2. The Morgan fingerprint density at radius 2 is 1.60 bits per heavy atom. The molecule has 1 saturated carbocycles. The number of benzene rings is 2. The van der Waals surface area contributed by atoms with E-state index in [0.29, 0.717) is 42.2 Å². The van der Waals surface area contributed by atoms with Crippen molar-refractivity contribution in [1.82, 2.24) is 4.90 Å². The molecule has 0 spiro atoms. The van der Waals surface area contributed by atoms with Crippen molar-refractivity contribution in [3.63, 3.8) is 0 Å². The fourth-order valence-electron chi connectivity index (χ4n) is 4.63. The second-order valence-electron chi connectivity index (χ2n) is 9.06. The van der Waals surface area contributed by atoms with E-state index in [0.717, 1.165) is 17.7 Å². The molecule has 0 radical (unpaired) electrons. The predicted molar refractivity (Wildman–Crippen MR) is 138 cm³/mol. The lowest BCUT2D eigenvalue weighted by Gasteiger charge is -2.31. The van der Waals surface area contributed by atoms with E-state index in [1.165, 1.54) is 35.9 Å². The smallest absolute Gasteiger partial charge is 0.256 e. The quantitative estimate of drug-likeness (QED) is 0.439. The van der Waals surface area contributed by atoms with Crippen LogP contribution in [0.4, 0.5) is 11.4 Å². The van der Waals surface area contributed by atoms with E-state index in [9.17, 15) is 19.2 Å². The molecule has 0 unspecified atom stereocenters. The van der Waals surface area contributed by atoms with Crippen LogP contribution in [0.25, 0.3) is 0 Å². The van der Waals surface area contributed by atoms with Crippen molar-refractivity contribution in [2.24, 2.45) is 0 Å². The fourth-order valence-corrected chi connectivity index (χ4v) is 5.60. The first kappa shape index (κ1) is 25.0. The van der Waals surface area contributed by atoms with Crippen LogP contribution in [0.15, 0.2) is 53.4 Å². The number of amides is 4. The maximum Gasteiger partial charge on any atom is 0.256 e. The number of imide groups is 1. The minimum Gasteiger partial charge on any atom is -0.342 e. The number of nitrogens with one attached hydrogen (secondary N) is 1. The van der Waals surface area contributed by atoms with Crippen LogP contribution in [0.3, 0.4) is 0 Å². The topological polar surface area (TPSA) is 86.8 Å². The number of carbonyl (C=O) groups excluding carboxylic acids is 4. The third kappa shape index (κ3) is 6.11. The number of piperidine rings is 1. The summed E-state index contributed by atoms with van der Waals surface area (Å²) in [4.78, 5) is 53.9. The second kappa shape index (κ2) is 11.5. The van der Waals surface area contributed by atoms with Crippen LogP contribution in [0, 0.1) is 0 Å². The van der Waals surface area contributed by atoms with Gasteiger partial charge in [0, 0.05) is 36.5 Å². The minimum atomic E-state index is -0.279. The molecule has 0 aromatic heterocycles. The zero-order valence-electron chi connectivity index (χ0n) is 20.0. The van der Waals surface area contributed by atoms with Crippen LogP contribution < -0.4 is 10.2 Å². The van der Waals surface area contributed by atoms with Gasteiger partial charge in [-0.3, -0.25) is 24.1 Å². The number of rotatable bonds is 7. The summed E-state index contributed by atoms with van der Waals surface area (Å²) in [6, 6.07) is 14.3. The summed E-state index contributed by atoms with van der Waals surface area (Å²) in [5.74, 6) is -0.321. The molecule has 8 heteroatoms. The Hall–Kier alpha value is -3.13. The zero-order chi connectivity index (χ0) is 24.8. The predicted octanol–water partition coefficient (Wildman–Crippen LogP) is 4.87. The second-order valence-corrected chi connectivity index (χ2v) is 10.1. The van der Waals surface area contributed by atoms with Crippen molar-refractivity contribution in [2.75, 3.05) is 23.0 Å². The molecule has 1 aliphatic carbocycles. The van der Waals surface area contributed by atoms with Gasteiger partial charge in [-0.25, -0.2) is 0 Å². The minimum absolute atomic E-state index is 0.0782. The normalized spacial score (nSPS) is 16.8. The SMILES string of the molecule is CN(C(=O)CSc1ccccc1C(=O)Nc1ccc(N2C(=O)CCCC2=O)cc1)C1CCCCC1. The molecule has 184 valence electrons. The molecular weight excluding hydrogens is 462 g/mol. The largest absolute Gasteiger partial charge is 0.342 e. The van der Waals surface area contributed by atoms with Gasteiger partial charge in [0.05, 0.1) is 17.0 Å². The molecule has 2 fully saturated rings. The molecule has 0 bridgehead atoms. The Morgan fingerprint density at radius 1 is 0.943 bits per heavy atom. The van der Waals surface area contributed by atoms with Crippen molar-refractivity contribution in [1.29, 1.82) is 0 Å². The summed E-state index contributed by atoms with van der Waals surface area (Å²) < 4.78 is 0. The van der Waals surface area contributed by atoms with Crippen molar-refractivity contribution >= 4 is 46.8 Å². The van der Waals surface area contributed by atoms with Crippen molar-refractivity contribution in [3.05, 3.63) is 54.1 Å². The highest BCUT2D eigenvalue weighted by molar-refractivity contribution is 8.00. The Balaban J connectivity index is 1.38. The molecule has 2 aromatic carbocycles. The molecule has 2 aliphatic rings. The van der Waals surface area contributed by atoms with Crippen molar-refractivity contribution in [3.8, 4) is 0 Å². The molecule has 35 heavy (non-hydrogen) atoms. The molecule has 1 heterocycles. The average molecular weight is 494 g/mol. The van der Waals surface area contributed by atoms with E-state index in [1.54, 1.807) is 36.4 Å². The van der Waals surface area contributed by atoms with Gasteiger partial charge in [-0.05, 0) is 55.7 Å². The number of hydrogen-bond donors (Lipinski definition) is 1. The summed E-state index contributed by atoms with van der Waals surface area (Å²) in [7, 11) is 1.88. The van der Waals surface area contributed by atoms with Crippen LogP contribution in [-0.2, 0) is 14.4 Å². The Kier molecular flexibility index (Phi) is 8.23. The maximum atomic E-state index is 13.0. The van der Waals surface area contributed by atoms with Gasteiger partial charge < -0.3 is 10.2 Å². The fraction of sp³-hybridized carbons (Fsp3) is 0.407. The lowest BCUT2D eigenvalue weighted by Crippen LogP contribution is -2.40. The van der Waals surface area contributed by atoms with Crippen LogP contribution in [0.1, 0.15) is 61.7 Å². The Morgan fingerprint density at radius 3 is 2.29 bits per heavy atom. The summed E-state index contributed by atoms with van der Waals surface area (Å²) in [5, 5.41) is 2.88. The van der Waals surface area contributed by atoms with Crippen LogP contribution in [0.5, 0.6) is 0 Å². The monoisotopic (exact) mass is 493 g/mol. The standard InChI is InChI=1S/C27H31N3O4S/c1-29(20-8-3-2-4-9-20)26(33)18-35-23-11-6-5-10-22(23)27(34)28-19-14-16-21(17-15-19)30-24(31)12-7-13-25(30)32/h5-6,10-11,14-17,20H,2-4,7-9,12-13,18H2,1H3,(H,28,34). The molecule has 4 amide bonds. The van der Waals surface area contributed by atoms with Crippen molar-refractivity contribution < 1.29 is 19.2 Å². The van der Waals surface area contributed by atoms with E-state index in [2.05, 4.69) is 5.32 Å². The third-order valence-electron chi connectivity index (χ3n) is 6.66. The Labute approximate surface area is 210 Å². The molecule has 2 aromatic rings. The number of nitrogens with zero attached hydrogens (tertiary/aromatic N) is 2. The highest BCUT2D eigenvalue weighted by Gasteiger charge is 2.27. The first-order chi connectivity index (χ1) is 16.9. The number of hydrogen-bond acceptors (Lipinski definition) is 5. The zero-order valence-corrected chi connectivity index (χ0v) is 20.8. The summed E-state index contributed by atoms with van der Waals surface area (Å²) >= 11 is 1.37.